The molecule has 0 aromatic heterocycles. The van der Waals surface area contributed by atoms with Crippen LogP contribution in [0.2, 0.25) is 0 Å². The number of aromatic hydroxyl groups is 1. The van der Waals surface area contributed by atoms with Crippen molar-refractivity contribution in [2.75, 3.05) is 0 Å². The number of carbonyl (C=O) groups is 1. The molecular weight excluding hydrogens is 270 g/mol. The Hall–Kier alpha value is -2.24. The lowest BCUT2D eigenvalue weighted by atomic mass is 9.80. The number of amides is 1. The number of phenolic OH excluding ortho intramolecular Hbond substituents is 1. The standard InChI is InChI=1S/C15H21N3O3/c16-14(18-21)15(7-2-1-3-8-15)17-13(20)10-11-5-4-6-12(19)9-11/h4-6,9,19,21H,1-3,7-8,10H2,(H2,16,18)(H,17,20). The zero-order valence-electron chi connectivity index (χ0n) is 11.9. The lowest BCUT2D eigenvalue weighted by Crippen LogP contribution is -2.58. The first kappa shape index (κ1) is 15.2. The number of phenols is 1. The largest absolute Gasteiger partial charge is 0.508 e. The van der Waals surface area contributed by atoms with E-state index in [0.29, 0.717) is 12.8 Å². The molecule has 0 bridgehead atoms. The molecule has 6 nitrogen and oxygen atoms in total. The van der Waals surface area contributed by atoms with E-state index in [2.05, 4.69) is 10.5 Å². The number of hydrogen-bond donors (Lipinski definition) is 4. The number of oxime groups is 1. The van der Waals surface area contributed by atoms with Gasteiger partial charge in [0.1, 0.15) is 11.3 Å². The third-order valence-electron chi connectivity index (χ3n) is 3.96. The smallest absolute Gasteiger partial charge is 0.225 e. The Morgan fingerprint density at radius 3 is 2.67 bits per heavy atom. The van der Waals surface area contributed by atoms with Crippen molar-refractivity contribution in [3.63, 3.8) is 0 Å². The number of hydrogen-bond acceptors (Lipinski definition) is 4. The second-order valence-corrected chi connectivity index (χ2v) is 5.52. The molecule has 1 amide bonds. The number of nitrogens with one attached hydrogen (secondary N) is 1. The molecule has 6 heteroatoms. The number of carbonyl (C=O) groups excluding carboxylic acids is 1. The van der Waals surface area contributed by atoms with Gasteiger partial charge in [-0.25, -0.2) is 0 Å². The average Bonchev–Trinajstić information content (AvgIpc) is 2.47. The Labute approximate surface area is 123 Å². The molecule has 0 aliphatic heterocycles. The van der Waals surface area contributed by atoms with Crippen LogP contribution in [-0.4, -0.2) is 27.6 Å². The van der Waals surface area contributed by atoms with E-state index in [1.54, 1.807) is 24.3 Å². The Morgan fingerprint density at radius 2 is 2.05 bits per heavy atom. The van der Waals surface area contributed by atoms with Gasteiger partial charge in [0.05, 0.1) is 6.42 Å². The highest BCUT2D eigenvalue weighted by Crippen LogP contribution is 2.28. The minimum Gasteiger partial charge on any atom is -0.508 e. The molecule has 1 aromatic carbocycles. The summed E-state index contributed by atoms with van der Waals surface area (Å²) in [6.07, 6.45) is 4.45. The van der Waals surface area contributed by atoms with Gasteiger partial charge in [-0.05, 0) is 30.5 Å². The Morgan fingerprint density at radius 1 is 1.33 bits per heavy atom. The summed E-state index contributed by atoms with van der Waals surface area (Å²) in [7, 11) is 0. The van der Waals surface area contributed by atoms with Crippen LogP contribution < -0.4 is 11.1 Å². The number of nitrogens with zero attached hydrogens (tertiary/aromatic N) is 1. The van der Waals surface area contributed by atoms with E-state index in [4.69, 9.17) is 10.9 Å². The van der Waals surface area contributed by atoms with Crippen molar-refractivity contribution in [3.8, 4) is 5.75 Å². The van der Waals surface area contributed by atoms with Crippen molar-refractivity contribution in [3.05, 3.63) is 29.8 Å². The molecule has 2 rings (SSSR count). The van der Waals surface area contributed by atoms with Gasteiger partial charge in [0.15, 0.2) is 5.84 Å². The second kappa shape index (κ2) is 6.47. The molecule has 5 N–H and O–H groups in total. The number of rotatable bonds is 4. The summed E-state index contributed by atoms with van der Waals surface area (Å²) in [5, 5.41) is 24.4. The molecule has 0 atom stereocenters. The summed E-state index contributed by atoms with van der Waals surface area (Å²) in [4.78, 5) is 12.2. The topological polar surface area (TPSA) is 108 Å². The minimum atomic E-state index is -0.749. The summed E-state index contributed by atoms with van der Waals surface area (Å²) < 4.78 is 0. The molecule has 21 heavy (non-hydrogen) atoms. The normalized spacial score (nSPS) is 18.2. The number of nitrogens with two attached hydrogens (primary N) is 1. The maximum absolute atomic E-state index is 12.2. The highest BCUT2D eigenvalue weighted by Gasteiger charge is 2.37. The first-order valence-electron chi connectivity index (χ1n) is 7.13. The van der Waals surface area contributed by atoms with Crippen LogP contribution in [0.15, 0.2) is 29.4 Å². The maximum Gasteiger partial charge on any atom is 0.225 e. The molecule has 1 fully saturated rings. The van der Waals surface area contributed by atoms with Crippen LogP contribution in [-0.2, 0) is 11.2 Å². The fourth-order valence-electron chi connectivity index (χ4n) is 2.86. The van der Waals surface area contributed by atoms with Gasteiger partial charge in [0, 0.05) is 0 Å². The van der Waals surface area contributed by atoms with Gasteiger partial charge in [-0.15, -0.1) is 0 Å². The Kier molecular flexibility index (Phi) is 4.67. The van der Waals surface area contributed by atoms with Gasteiger partial charge in [-0.3, -0.25) is 4.79 Å². The number of amidine groups is 1. The Balaban J connectivity index is 2.08. The molecular formula is C15H21N3O3. The second-order valence-electron chi connectivity index (χ2n) is 5.52. The third kappa shape index (κ3) is 3.65. The van der Waals surface area contributed by atoms with Crippen LogP contribution in [0.1, 0.15) is 37.7 Å². The molecule has 0 saturated heterocycles. The fraction of sp³-hybridized carbons (Fsp3) is 0.467. The van der Waals surface area contributed by atoms with E-state index >= 15 is 0 Å². The molecule has 0 heterocycles. The third-order valence-corrected chi connectivity index (χ3v) is 3.96. The van der Waals surface area contributed by atoms with Gasteiger partial charge < -0.3 is 21.4 Å². The van der Waals surface area contributed by atoms with E-state index in [0.717, 1.165) is 24.8 Å². The summed E-state index contributed by atoms with van der Waals surface area (Å²) in [6, 6.07) is 6.57. The molecule has 1 aromatic rings. The molecule has 0 unspecified atom stereocenters. The molecule has 0 spiro atoms. The van der Waals surface area contributed by atoms with E-state index in [1.807, 2.05) is 0 Å². The van der Waals surface area contributed by atoms with E-state index in [-0.39, 0.29) is 23.9 Å². The molecule has 114 valence electrons. The summed E-state index contributed by atoms with van der Waals surface area (Å²) >= 11 is 0. The van der Waals surface area contributed by atoms with E-state index in [9.17, 15) is 9.90 Å². The van der Waals surface area contributed by atoms with E-state index in [1.165, 1.54) is 0 Å². The highest BCUT2D eigenvalue weighted by molar-refractivity contribution is 5.94. The monoisotopic (exact) mass is 291 g/mol. The van der Waals surface area contributed by atoms with Crippen LogP contribution in [0, 0.1) is 0 Å². The van der Waals surface area contributed by atoms with Crippen LogP contribution in [0.5, 0.6) is 5.75 Å². The van der Waals surface area contributed by atoms with E-state index < -0.39 is 5.54 Å². The SMILES string of the molecule is NC(=NO)C1(NC(=O)Cc2cccc(O)c2)CCCCC1. The summed E-state index contributed by atoms with van der Waals surface area (Å²) in [5.74, 6) is -0.00956. The van der Waals surface area contributed by atoms with Crippen LogP contribution in [0.4, 0.5) is 0 Å². The van der Waals surface area contributed by atoms with Crippen LogP contribution in [0.3, 0.4) is 0 Å². The zero-order chi connectivity index (χ0) is 15.3. The quantitative estimate of drug-likeness (QED) is 0.292. The lowest BCUT2D eigenvalue weighted by Gasteiger charge is -2.36. The van der Waals surface area contributed by atoms with Gasteiger partial charge in [-0.2, -0.15) is 0 Å². The van der Waals surface area contributed by atoms with Crippen molar-refractivity contribution in [1.82, 2.24) is 5.32 Å². The predicted molar refractivity (Wildman–Crippen MR) is 79.2 cm³/mol. The van der Waals surface area contributed by atoms with Crippen molar-refractivity contribution >= 4 is 11.7 Å². The summed E-state index contributed by atoms with van der Waals surface area (Å²) in [5.41, 5.74) is 5.76. The number of benzene rings is 1. The zero-order valence-corrected chi connectivity index (χ0v) is 11.9. The van der Waals surface area contributed by atoms with Gasteiger partial charge >= 0.3 is 0 Å². The van der Waals surface area contributed by atoms with Crippen molar-refractivity contribution in [2.24, 2.45) is 10.9 Å². The van der Waals surface area contributed by atoms with Crippen molar-refractivity contribution < 1.29 is 15.1 Å². The maximum atomic E-state index is 12.2. The van der Waals surface area contributed by atoms with Gasteiger partial charge in [0.25, 0.3) is 0 Å². The molecule has 1 saturated carbocycles. The average molecular weight is 291 g/mol. The summed E-state index contributed by atoms with van der Waals surface area (Å²) in [6.45, 7) is 0. The first-order valence-corrected chi connectivity index (χ1v) is 7.13. The van der Waals surface area contributed by atoms with Crippen molar-refractivity contribution in [1.29, 1.82) is 0 Å². The van der Waals surface area contributed by atoms with Crippen molar-refractivity contribution in [2.45, 2.75) is 44.1 Å². The van der Waals surface area contributed by atoms with Crippen LogP contribution in [0.25, 0.3) is 0 Å². The molecule has 0 radical (unpaired) electrons. The predicted octanol–water partition coefficient (Wildman–Crippen LogP) is 1.50. The fourth-order valence-corrected chi connectivity index (χ4v) is 2.86. The first-order chi connectivity index (χ1) is 10.1. The van der Waals surface area contributed by atoms with Gasteiger partial charge in [-0.1, -0.05) is 36.6 Å². The minimum absolute atomic E-state index is 0.0615. The van der Waals surface area contributed by atoms with Crippen LogP contribution >= 0.6 is 0 Å². The highest BCUT2D eigenvalue weighted by atomic mass is 16.4. The Bertz CT molecular complexity index is 537. The molecule has 1 aliphatic rings. The lowest BCUT2D eigenvalue weighted by molar-refractivity contribution is -0.122. The van der Waals surface area contributed by atoms with Gasteiger partial charge in [0.2, 0.25) is 5.91 Å². The molecule has 1 aliphatic carbocycles.